The molecule has 19 heavy (non-hydrogen) atoms. The van der Waals surface area contributed by atoms with Gasteiger partial charge in [-0.3, -0.25) is 10.1 Å². The van der Waals surface area contributed by atoms with Crippen LogP contribution in [0.5, 0.6) is 5.88 Å². The van der Waals surface area contributed by atoms with Crippen molar-refractivity contribution < 1.29 is 32.4 Å². The lowest BCUT2D eigenvalue weighted by molar-refractivity contribution is -0.386. The number of nitro groups is 1. The molecule has 0 saturated carbocycles. The molecular weight excluding hydrogens is 388 g/mol. The predicted molar refractivity (Wildman–Crippen MR) is 61.6 cm³/mol. The van der Waals surface area contributed by atoms with E-state index >= 15 is 0 Å². The fourth-order valence-electron chi connectivity index (χ4n) is 1.08. The largest absolute Gasteiger partial charge is 0.574 e. The summed E-state index contributed by atoms with van der Waals surface area (Å²) in [5, 5.41) is 10.8. The van der Waals surface area contributed by atoms with Gasteiger partial charge in [0.2, 0.25) is 5.88 Å². The second kappa shape index (κ2) is 5.54. The summed E-state index contributed by atoms with van der Waals surface area (Å²) in [6.45, 7) is 0. The maximum Gasteiger partial charge on any atom is 0.574 e. The van der Waals surface area contributed by atoms with Crippen molar-refractivity contribution in [3.05, 3.63) is 25.4 Å². The molecule has 0 saturated heterocycles. The molecular formula is C8H4F3IN2O5. The third-order valence-corrected chi connectivity index (χ3v) is 2.73. The molecule has 0 aromatic carbocycles. The van der Waals surface area contributed by atoms with Gasteiger partial charge in [0.25, 0.3) is 0 Å². The molecule has 0 N–H and O–H groups in total. The minimum atomic E-state index is -5.05. The van der Waals surface area contributed by atoms with E-state index in [1.807, 2.05) is 0 Å². The van der Waals surface area contributed by atoms with Crippen LogP contribution >= 0.6 is 22.6 Å². The lowest BCUT2D eigenvalue weighted by Crippen LogP contribution is -2.19. The van der Waals surface area contributed by atoms with E-state index in [-0.39, 0.29) is 0 Å². The summed E-state index contributed by atoms with van der Waals surface area (Å²) in [6, 6.07) is 0. The van der Waals surface area contributed by atoms with E-state index in [9.17, 15) is 28.1 Å². The highest BCUT2D eigenvalue weighted by Crippen LogP contribution is 2.34. The lowest BCUT2D eigenvalue weighted by atomic mass is 10.2. The van der Waals surface area contributed by atoms with Crippen molar-refractivity contribution in [2.45, 2.75) is 6.36 Å². The molecule has 104 valence electrons. The van der Waals surface area contributed by atoms with Crippen LogP contribution in [0.25, 0.3) is 0 Å². The van der Waals surface area contributed by atoms with Crippen molar-refractivity contribution in [1.82, 2.24) is 4.98 Å². The summed E-state index contributed by atoms with van der Waals surface area (Å²) in [5.74, 6) is -2.09. The van der Waals surface area contributed by atoms with Gasteiger partial charge in [-0.15, -0.1) is 13.2 Å². The molecule has 0 atom stereocenters. The average Bonchev–Trinajstić information content (AvgIpc) is 2.28. The van der Waals surface area contributed by atoms with Crippen LogP contribution in [0.2, 0.25) is 0 Å². The summed E-state index contributed by atoms with van der Waals surface area (Å²) in [4.78, 5) is 24.3. The first-order chi connectivity index (χ1) is 8.67. The van der Waals surface area contributed by atoms with Gasteiger partial charge in [-0.05, 0) is 22.6 Å². The highest BCUT2D eigenvalue weighted by Gasteiger charge is 2.36. The Bertz CT molecular complexity index is 534. The second-order valence-corrected chi connectivity index (χ2v) is 4.01. The monoisotopic (exact) mass is 392 g/mol. The summed E-state index contributed by atoms with van der Waals surface area (Å²) in [5.41, 5.74) is -1.42. The van der Waals surface area contributed by atoms with Crippen LogP contribution in [-0.4, -0.2) is 29.3 Å². The Morgan fingerprint density at radius 2 is 2.11 bits per heavy atom. The number of halogens is 4. The molecule has 0 aliphatic rings. The Labute approximate surface area is 117 Å². The summed E-state index contributed by atoms with van der Waals surface area (Å²) in [6.07, 6.45) is -4.46. The van der Waals surface area contributed by atoms with E-state index in [1.165, 1.54) is 22.6 Å². The van der Waals surface area contributed by atoms with Crippen LogP contribution in [0.4, 0.5) is 18.9 Å². The summed E-state index contributed by atoms with van der Waals surface area (Å²) in [7, 11) is 0.971. The van der Waals surface area contributed by atoms with E-state index in [0.29, 0.717) is 6.20 Å². The minimum absolute atomic E-state index is 0.553. The normalized spacial score (nSPS) is 11.0. The number of methoxy groups -OCH3 is 1. The lowest BCUT2D eigenvalue weighted by Gasteiger charge is -2.10. The van der Waals surface area contributed by atoms with Crippen LogP contribution in [0.15, 0.2) is 6.20 Å². The van der Waals surface area contributed by atoms with Gasteiger partial charge < -0.3 is 9.47 Å². The number of hydrogen-bond donors (Lipinski definition) is 0. The highest BCUT2D eigenvalue weighted by atomic mass is 127. The molecule has 0 spiro atoms. The number of aromatic nitrogens is 1. The SMILES string of the molecule is COC(=O)c1cnc(OC(F)(F)F)c(I)c1[N+](=O)[O-]. The summed E-state index contributed by atoms with van der Waals surface area (Å²) < 4.78 is 43.4. The Kier molecular flexibility index (Phi) is 4.49. The molecule has 1 rings (SSSR count). The number of ether oxygens (including phenoxy) is 2. The van der Waals surface area contributed by atoms with Crippen LogP contribution < -0.4 is 4.74 Å². The van der Waals surface area contributed by atoms with Gasteiger partial charge in [-0.25, -0.2) is 9.78 Å². The van der Waals surface area contributed by atoms with E-state index in [4.69, 9.17) is 0 Å². The fourth-order valence-corrected chi connectivity index (χ4v) is 1.82. The van der Waals surface area contributed by atoms with Crippen LogP contribution in [0.3, 0.4) is 0 Å². The first-order valence-corrected chi connectivity index (χ1v) is 5.42. The zero-order valence-electron chi connectivity index (χ0n) is 9.02. The zero-order chi connectivity index (χ0) is 14.8. The second-order valence-electron chi connectivity index (χ2n) is 2.94. The predicted octanol–water partition coefficient (Wildman–Crippen LogP) is 2.28. The van der Waals surface area contributed by atoms with Crippen molar-refractivity contribution in [3.8, 4) is 5.88 Å². The smallest absolute Gasteiger partial charge is 0.465 e. The van der Waals surface area contributed by atoms with Crippen molar-refractivity contribution in [3.63, 3.8) is 0 Å². The average molecular weight is 392 g/mol. The first-order valence-electron chi connectivity index (χ1n) is 4.34. The van der Waals surface area contributed by atoms with Gasteiger partial charge in [0.15, 0.2) is 9.13 Å². The molecule has 0 aliphatic carbocycles. The number of rotatable bonds is 3. The third kappa shape index (κ3) is 3.65. The van der Waals surface area contributed by atoms with Gasteiger partial charge in [0.05, 0.1) is 18.2 Å². The number of carbonyl (C=O) groups excluding carboxylic acids is 1. The molecule has 1 heterocycles. The molecule has 1 aromatic rings. The van der Waals surface area contributed by atoms with E-state index in [2.05, 4.69) is 14.5 Å². The van der Waals surface area contributed by atoms with Crippen molar-refractivity contribution in [2.24, 2.45) is 0 Å². The number of carbonyl (C=O) groups is 1. The Hall–Kier alpha value is -1.66. The number of esters is 1. The molecule has 0 fully saturated rings. The quantitative estimate of drug-likeness (QED) is 0.339. The number of pyridine rings is 1. The van der Waals surface area contributed by atoms with Crippen LogP contribution in [0, 0.1) is 13.7 Å². The van der Waals surface area contributed by atoms with Crippen LogP contribution in [-0.2, 0) is 4.74 Å². The minimum Gasteiger partial charge on any atom is -0.465 e. The van der Waals surface area contributed by atoms with Crippen molar-refractivity contribution in [2.75, 3.05) is 7.11 Å². The van der Waals surface area contributed by atoms with E-state index in [1.54, 1.807) is 0 Å². The highest BCUT2D eigenvalue weighted by molar-refractivity contribution is 14.1. The molecule has 7 nitrogen and oxygen atoms in total. The Morgan fingerprint density at radius 3 is 2.53 bits per heavy atom. The molecule has 11 heteroatoms. The van der Waals surface area contributed by atoms with Crippen LogP contribution in [0.1, 0.15) is 10.4 Å². The fraction of sp³-hybridized carbons (Fsp3) is 0.250. The maximum atomic E-state index is 12.1. The molecule has 1 aromatic heterocycles. The van der Waals surface area contributed by atoms with E-state index < -0.39 is 38.0 Å². The number of alkyl halides is 3. The topological polar surface area (TPSA) is 91.6 Å². The van der Waals surface area contributed by atoms with Gasteiger partial charge in [0, 0.05) is 0 Å². The molecule has 0 aliphatic heterocycles. The van der Waals surface area contributed by atoms with Gasteiger partial charge in [-0.2, -0.15) is 0 Å². The molecule has 0 amide bonds. The zero-order valence-corrected chi connectivity index (χ0v) is 11.2. The van der Waals surface area contributed by atoms with Crippen molar-refractivity contribution >= 4 is 34.2 Å². The third-order valence-electron chi connectivity index (χ3n) is 1.76. The first kappa shape index (κ1) is 15.4. The van der Waals surface area contributed by atoms with Gasteiger partial charge in [0.1, 0.15) is 0 Å². The van der Waals surface area contributed by atoms with Gasteiger partial charge in [-0.1, -0.05) is 0 Å². The standard InChI is InChI=1S/C8H4F3IN2O5/c1-18-7(15)3-2-13-6(19-8(9,10)11)4(12)5(3)14(16)17/h2H,1H3. The molecule has 0 radical (unpaired) electrons. The Balaban J connectivity index is 3.39. The summed E-state index contributed by atoms with van der Waals surface area (Å²) >= 11 is 1.23. The molecule has 0 bridgehead atoms. The Morgan fingerprint density at radius 1 is 1.53 bits per heavy atom. The number of hydrogen-bond acceptors (Lipinski definition) is 6. The maximum absolute atomic E-state index is 12.1. The number of nitrogens with zero attached hydrogens (tertiary/aromatic N) is 2. The van der Waals surface area contributed by atoms with E-state index in [0.717, 1.165) is 7.11 Å². The van der Waals surface area contributed by atoms with Crippen molar-refractivity contribution in [1.29, 1.82) is 0 Å². The molecule has 0 unspecified atom stereocenters. The van der Waals surface area contributed by atoms with Gasteiger partial charge >= 0.3 is 18.0 Å².